The van der Waals surface area contributed by atoms with Crippen LogP contribution >= 0.6 is 63.7 Å². The van der Waals surface area contributed by atoms with E-state index in [4.69, 9.17) is 52.1 Å². The molecule has 2 saturated heterocycles. The summed E-state index contributed by atoms with van der Waals surface area (Å²) in [4.78, 5) is 93.9. The molecule has 2 heterocycles. The first-order valence-electron chi connectivity index (χ1n) is 20.7. The van der Waals surface area contributed by atoms with Gasteiger partial charge in [0.2, 0.25) is 0 Å². The van der Waals surface area contributed by atoms with Gasteiger partial charge < -0.3 is 52.1 Å². The molecule has 0 unspecified atom stereocenters. The smallest absolute Gasteiger partial charge is 0.338 e. The van der Waals surface area contributed by atoms with Crippen LogP contribution in [0.4, 0.5) is 0 Å². The van der Waals surface area contributed by atoms with Crippen LogP contribution in [0.3, 0.4) is 0 Å². The average Bonchev–Trinajstić information content (AvgIpc) is 3.31. The van der Waals surface area contributed by atoms with Gasteiger partial charge in [0, 0.05) is 45.8 Å². The summed E-state index contributed by atoms with van der Waals surface area (Å²) in [5.41, 5.74) is 0.141. The maximum atomic E-state index is 14.3. The molecule has 4 aromatic rings. The Hall–Kier alpha value is -5.07. The summed E-state index contributed by atoms with van der Waals surface area (Å²) in [6.45, 7) is 2.02. The quantitative estimate of drug-likeness (QED) is 0.0784. The first-order chi connectivity index (χ1) is 32.9. The monoisotopic (exact) mass is 1210 g/mol. The van der Waals surface area contributed by atoms with Gasteiger partial charge in [-0.1, -0.05) is 63.7 Å². The minimum absolute atomic E-state index is 0.00173. The summed E-state index contributed by atoms with van der Waals surface area (Å²) in [6.07, 6.45) is -17.0. The Kier molecular flexibility index (Phi) is 19.0. The molecule has 6 rings (SSSR count). The predicted octanol–water partition coefficient (Wildman–Crippen LogP) is 7.48. The predicted molar refractivity (Wildman–Crippen MR) is 251 cm³/mol. The lowest BCUT2D eigenvalue weighted by molar-refractivity contribution is -0.357. The molecule has 0 amide bonds. The third kappa shape index (κ3) is 14.5. The maximum Gasteiger partial charge on any atom is 0.338 e. The molecule has 0 bridgehead atoms. The molecular weight excluding hydrogens is 1170 g/mol. The van der Waals surface area contributed by atoms with Gasteiger partial charge in [-0.05, 0) is 97.1 Å². The number of halogens is 4. The second kappa shape index (κ2) is 24.7. The number of hydrogen-bond donors (Lipinski definition) is 0. The number of esters is 7. The first-order valence-corrected chi connectivity index (χ1v) is 23.9. The Labute approximate surface area is 428 Å². The van der Waals surface area contributed by atoms with Crippen LogP contribution in [0, 0.1) is 0 Å². The van der Waals surface area contributed by atoms with Crippen molar-refractivity contribution in [3.8, 4) is 0 Å². The highest BCUT2D eigenvalue weighted by atomic mass is 79.9. The molecule has 10 atom stereocenters. The molecule has 2 aliphatic rings. The number of carbonyl (C=O) groups excluding carboxylic acids is 7. The summed E-state index contributed by atoms with van der Waals surface area (Å²) in [5, 5.41) is 0. The first kappa shape index (κ1) is 53.3. The second-order valence-electron chi connectivity index (χ2n) is 15.1. The summed E-state index contributed by atoms with van der Waals surface area (Å²) >= 11 is 13.4. The normalized spacial score (nSPS) is 24.2. The summed E-state index contributed by atoms with van der Waals surface area (Å²) in [6, 6.07) is 24.3. The third-order valence-corrected chi connectivity index (χ3v) is 12.3. The highest BCUT2D eigenvalue weighted by Gasteiger charge is 2.58. The Morgan fingerprint density at radius 3 is 1.14 bits per heavy atom. The van der Waals surface area contributed by atoms with E-state index in [0.717, 1.165) is 20.8 Å². The SMILES string of the molecule is CO[C@@H]1O[C@H](COC(C)=O)[C@@H](OC(C)=O)[C@H](O[C@@H]2O[C@H](COC(=O)c3ccc(Br)cc3)[C@@H](OC(=O)c3ccc(Br)cc3)[C@H](OC(=O)c3ccc(Br)cc3)[C@H]2OC(=O)c2ccc(Br)cc2)[C@H]1OC(C)=O. The van der Waals surface area contributed by atoms with Crippen molar-refractivity contribution in [3.63, 3.8) is 0 Å². The van der Waals surface area contributed by atoms with Crippen LogP contribution in [0.5, 0.6) is 0 Å². The van der Waals surface area contributed by atoms with E-state index < -0.39 is 116 Å². The Morgan fingerprint density at radius 1 is 0.406 bits per heavy atom. The standard InChI is InChI=1S/C47H42Br4O18/c1-23(52)60-21-34-36(62-24(2)53)39(40(63-25(3)54)46(59-4)64-34)69-47-41(68-45(58)29-11-19-33(51)20-12-29)38(67-44(57)28-9-17-32(50)18-10-28)37(66-43(56)27-7-15-31(49)16-8-27)35(65-47)22-61-42(55)26-5-13-30(48)14-6-26/h5-20,34-41,46-47H,21-22H2,1-4H3/t34-,35-,36-,37-,38+,39+,40-,41-,46-,47+/m1/s1. The molecule has 2 aliphatic heterocycles. The van der Waals surface area contributed by atoms with Crippen molar-refractivity contribution in [2.45, 2.75) is 82.2 Å². The van der Waals surface area contributed by atoms with Crippen LogP contribution in [0.2, 0.25) is 0 Å². The zero-order valence-electron chi connectivity index (χ0n) is 36.8. The molecule has 0 aromatic heterocycles. The van der Waals surface area contributed by atoms with E-state index in [1.54, 1.807) is 48.5 Å². The minimum Gasteiger partial charge on any atom is -0.463 e. The van der Waals surface area contributed by atoms with E-state index in [-0.39, 0.29) is 22.3 Å². The van der Waals surface area contributed by atoms with E-state index in [9.17, 15) is 33.6 Å². The van der Waals surface area contributed by atoms with Crippen molar-refractivity contribution in [1.82, 2.24) is 0 Å². The van der Waals surface area contributed by atoms with Crippen LogP contribution in [0.25, 0.3) is 0 Å². The van der Waals surface area contributed by atoms with Crippen molar-refractivity contribution in [1.29, 1.82) is 0 Å². The van der Waals surface area contributed by atoms with Crippen LogP contribution in [0.1, 0.15) is 62.2 Å². The summed E-state index contributed by atoms with van der Waals surface area (Å²) in [7, 11) is 1.21. The lowest BCUT2D eigenvalue weighted by Crippen LogP contribution is -2.67. The molecule has 69 heavy (non-hydrogen) atoms. The Bertz CT molecular complexity index is 2470. The zero-order valence-corrected chi connectivity index (χ0v) is 43.1. The maximum absolute atomic E-state index is 14.3. The molecule has 0 aliphatic carbocycles. The largest absolute Gasteiger partial charge is 0.463 e. The van der Waals surface area contributed by atoms with E-state index in [0.29, 0.717) is 17.9 Å². The fourth-order valence-electron chi connectivity index (χ4n) is 7.05. The summed E-state index contributed by atoms with van der Waals surface area (Å²) in [5.74, 6) is -6.33. The lowest BCUT2D eigenvalue weighted by atomic mass is 9.95. The van der Waals surface area contributed by atoms with Crippen LogP contribution in [-0.2, 0) is 66.5 Å². The molecule has 4 aromatic carbocycles. The molecule has 2 fully saturated rings. The average molecular weight is 1210 g/mol. The zero-order chi connectivity index (χ0) is 49.9. The van der Waals surface area contributed by atoms with Gasteiger partial charge in [-0.25, -0.2) is 19.2 Å². The second-order valence-corrected chi connectivity index (χ2v) is 18.8. The fraction of sp³-hybridized carbons (Fsp3) is 0.340. The number of carbonyl (C=O) groups is 7. The van der Waals surface area contributed by atoms with Crippen molar-refractivity contribution in [3.05, 3.63) is 137 Å². The number of benzene rings is 4. The number of methoxy groups -OCH3 is 1. The molecule has 0 radical (unpaired) electrons. The van der Waals surface area contributed by atoms with Crippen molar-refractivity contribution >= 4 is 106 Å². The van der Waals surface area contributed by atoms with Crippen LogP contribution in [0.15, 0.2) is 115 Å². The molecule has 0 spiro atoms. The third-order valence-electron chi connectivity index (χ3n) is 10.2. The molecule has 22 heteroatoms. The van der Waals surface area contributed by atoms with Crippen molar-refractivity contribution < 1.29 is 85.7 Å². The van der Waals surface area contributed by atoms with E-state index >= 15 is 0 Å². The molecule has 0 saturated carbocycles. The van der Waals surface area contributed by atoms with Gasteiger partial charge in [0.1, 0.15) is 31.5 Å². The van der Waals surface area contributed by atoms with Gasteiger partial charge in [0.15, 0.2) is 43.1 Å². The van der Waals surface area contributed by atoms with Gasteiger partial charge in [0.25, 0.3) is 0 Å². The van der Waals surface area contributed by atoms with Gasteiger partial charge in [-0.3, -0.25) is 14.4 Å². The molecule has 18 nitrogen and oxygen atoms in total. The van der Waals surface area contributed by atoms with Crippen LogP contribution in [-0.4, -0.2) is 124 Å². The highest BCUT2D eigenvalue weighted by Crippen LogP contribution is 2.37. The lowest BCUT2D eigenvalue weighted by Gasteiger charge is -2.48. The highest BCUT2D eigenvalue weighted by molar-refractivity contribution is 9.11. The molecule has 0 N–H and O–H groups in total. The van der Waals surface area contributed by atoms with Gasteiger partial charge >= 0.3 is 41.8 Å². The number of ether oxygens (including phenoxy) is 11. The van der Waals surface area contributed by atoms with E-state index in [2.05, 4.69) is 63.7 Å². The number of hydrogen-bond acceptors (Lipinski definition) is 18. The van der Waals surface area contributed by atoms with Gasteiger partial charge in [-0.2, -0.15) is 0 Å². The van der Waals surface area contributed by atoms with E-state index in [1.165, 1.54) is 55.6 Å². The molecular formula is C47H42Br4O18. The fourth-order valence-corrected chi connectivity index (χ4v) is 8.10. The Balaban J connectivity index is 1.53. The van der Waals surface area contributed by atoms with Crippen molar-refractivity contribution in [2.75, 3.05) is 20.3 Å². The van der Waals surface area contributed by atoms with Crippen molar-refractivity contribution in [2.24, 2.45) is 0 Å². The topological polar surface area (TPSA) is 221 Å². The minimum atomic E-state index is -1.99. The van der Waals surface area contributed by atoms with Crippen LogP contribution < -0.4 is 0 Å². The van der Waals surface area contributed by atoms with Gasteiger partial charge in [-0.15, -0.1) is 0 Å². The summed E-state index contributed by atoms with van der Waals surface area (Å²) < 4.78 is 68.3. The Morgan fingerprint density at radius 2 is 0.739 bits per heavy atom. The van der Waals surface area contributed by atoms with E-state index in [1.807, 2.05) is 0 Å². The number of rotatable bonds is 16. The molecule has 366 valence electrons. The van der Waals surface area contributed by atoms with Gasteiger partial charge in [0.05, 0.1) is 22.3 Å².